The van der Waals surface area contributed by atoms with Crippen LogP contribution < -0.4 is 0 Å². The molecule has 1 aromatic carbocycles. The van der Waals surface area contributed by atoms with Gasteiger partial charge < -0.3 is 0 Å². The minimum atomic E-state index is -1.33. The fraction of sp³-hybridized carbons (Fsp3) is 0.412. The van der Waals surface area contributed by atoms with Crippen LogP contribution in [0.4, 0.5) is 0 Å². The number of rotatable bonds is 2. The molecule has 19 heavy (non-hydrogen) atoms. The highest BCUT2D eigenvalue weighted by atomic mass is 28.3. The van der Waals surface area contributed by atoms with Gasteiger partial charge in [-0.05, 0) is 18.1 Å². The van der Waals surface area contributed by atoms with Crippen LogP contribution in [0.15, 0.2) is 30.0 Å². The van der Waals surface area contributed by atoms with Gasteiger partial charge in [-0.15, -0.1) is 5.54 Å². The third-order valence-electron chi connectivity index (χ3n) is 2.58. The Kier molecular flexibility index (Phi) is 5.00. The fourth-order valence-corrected chi connectivity index (χ4v) is 3.35. The third kappa shape index (κ3) is 6.09. The Hall–Kier alpha value is -1.05. The normalized spacial score (nSPS) is 12.9. The zero-order chi connectivity index (χ0) is 14.7. The van der Waals surface area contributed by atoms with E-state index in [-0.39, 0.29) is 0 Å². The Morgan fingerprint density at radius 1 is 1.00 bits per heavy atom. The number of benzene rings is 1. The maximum absolute atomic E-state index is 3.51. The number of hydrogen-bond donors (Lipinski definition) is 0. The standard InChI is InChI=1S/C17H26Si2/c1-15-10-8-9-11-17(15)16(14-19(5,6)7)12-13-18(2,3)4/h8-11,14H,1-7H3/b16-14+. The van der Waals surface area contributed by atoms with Gasteiger partial charge in [0.25, 0.3) is 0 Å². The molecular weight excluding hydrogens is 260 g/mol. The van der Waals surface area contributed by atoms with Crippen LogP contribution in [0.1, 0.15) is 11.1 Å². The molecule has 0 nitrogen and oxygen atoms in total. The van der Waals surface area contributed by atoms with Crippen molar-refractivity contribution in [2.75, 3.05) is 0 Å². The molecule has 0 heterocycles. The van der Waals surface area contributed by atoms with E-state index in [0.717, 1.165) is 0 Å². The average Bonchev–Trinajstić information content (AvgIpc) is 2.22. The molecule has 1 aromatic rings. The lowest BCUT2D eigenvalue weighted by atomic mass is 10.0. The third-order valence-corrected chi connectivity index (χ3v) is 4.61. The van der Waals surface area contributed by atoms with Gasteiger partial charge in [0.15, 0.2) is 0 Å². The quantitative estimate of drug-likeness (QED) is 0.522. The second-order valence-corrected chi connectivity index (χ2v) is 17.0. The molecule has 1 rings (SSSR count). The Labute approximate surface area is 121 Å². The number of aryl methyl sites for hydroxylation is 1. The molecule has 0 amide bonds. The highest BCUT2D eigenvalue weighted by Crippen LogP contribution is 2.21. The molecule has 0 N–H and O–H groups in total. The Morgan fingerprint density at radius 3 is 2.05 bits per heavy atom. The van der Waals surface area contributed by atoms with Crippen LogP contribution in [0.5, 0.6) is 0 Å². The van der Waals surface area contributed by atoms with Crippen LogP contribution in [0.3, 0.4) is 0 Å². The summed E-state index contributed by atoms with van der Waals surface area (Å²) in [4.78, 5) is 0. The first-order valence-corrected chi connectivity index (χ1v) is 14.0. The van der Waals surface area contributed by atoms with E-state index in [1.807, 2.05) is 0 Å². The highest BCUT2D eigenvalue weighted by molar-refractivity contribution is 6.84. The van der Waals surface area contributed by atoms with Crippen LogP contribution in [-0.2, 0) is 0 Å². The van der Waals surface area contributed by atoms with E-state index in [9.17, 15) is 0 Å². The summed E-state index contributed by atoms with van der Waals surface area (Å²) in [5.41, 5.74) is 9.80. The maximum Gasteiger partial charge on any atom is 0.129 e. The first-order valence-electron chi connectivity index (χ1n) is 6.90. The van der Waals surface area contributed by atoms with Crippen LogP contribution >= 0.6 is 0 Å². The summed E-state index contributed by atoms with van der Waals surface area (Å²) in [5, 5.41) is 0. The van der Waals surface area contributed by atoms with E-state index in [1.54, 1.807) is 0 Å². The van der Waals surface area contributed by atoms with Crippen molar-refractivity contribution in [2.45, 2.75) is 46.2 Å². The zero-order valence-electron chi connectivity index (χ0n) is 13.4. The maximum atomic E-state index is 3.51. The minimum absolute atomic E-state index is 1.24. The number of hydrogen-bond acceptors (Lipinski definition) is 0. The Morgan fingerprint density at radius 2 is 1.58 bits per heavy atom. The molecule has 0 bridgehead atoms. The van der Waals surface area contributed by atoms with Gasteiger partial charge in [-0.25, -0.2) is 0 Å². The zero-order valence-corrected chi connectivity index (χ0v) is 15.4. The first-order chi connectivity index (χ1) is 8.58. The Balaban J connectivity index is 3.33. The summed E-state index contributed by atoms with van der Waals surface area (Å²) in [5.74, 6) is 3.48. The van der Waals surface area contributed by atoms with E-state index in [2.05, 4.69) is 87.6 Å². The largest absolute Gasteiger partial charge is 0.129 e. The molecule has 0 unspecified atom stereocenters. The van der Waals surface area contributed by atoms with Crippen LogP contribution in [0.2, 0.25) is 39.3 Å². The second-order valence-electron chi connectivity index (χ2n) is 7.24. The van der Waals surface area contributed by atoms with Gasteiger partial charge in [0.2, 0.25) is 0 Å². The van der Waals surface area contributed by atoms with Crippen molar-refractivity contribution in [3.63, 3.8) is 0 Å². The predicted molar refractivity (Wildman–Crippen MR) is 93.6 cm³/mol. The van der Waals surface area contributed by atoms with Crippen molar-refractivity contribution >= 4 is 21.7 Å². The van der Waals surface area contributed by atoms with Gasteiger partial charge in [-0.2, -0.15) is 0 Å². The van der Waals surface area contributed by atoms with Crippen LogP contribution in [0.25, 0.3) is 5.57 Å². The van der Waals surface area contributed by atoms with E-state index in [0.29, 0.717) is 0 Å². The lowest BCUT2D eigenvalue weighted by Crippen LogP contribution is -2.18. The first kappa shape index (κ1) is 16.0. The van der Waals surface area contributed by atoms with Crippen molar-refractivity contribution in [3.8, 4) is 11.5 Å². The second kappa shape index (κ2) is 5.94. The van der Waals surface area contributed by atoms with Gasteiger partial charge in [-0.1, -0.05) is 75.2 Å². The van der Waals surface area contributed by atoms with Crippen molar-refractivity contribution in [2.24, 2.45) is 0 Å². The van der Waals surface area contributed by atoms with Gasteiger partial charge in [-0.3, -0.25) is 0 Å². The lowest BCUT2D eigenvalue weighted by Gasteiger charge is -2.14. The van der Waals surface area contributed by atoms with Crippen LogP contribution in [-0.4, -0.2) is 16.1 Å². The molecular formula is C17H26Si2. The molecule has 2 heteroatoms. The Bertz CT molecular complexity index is 529. The highest BCUT2D eigenvalue weighted by Gasteiger charge is 2.13. The minimum Gasteiger partial charge on any atom is -0.127 e. The monoisotopic (exact) mass is 286 g/mol. The lowest BCUT2D eigenvalue weighted by molar-refractivity contribution is 1.43. The van der Waals surface area contributed by atoms with Crippen molar-refractivity contribution in [1.29, 1.82) is 0 Å². The van der Waals surface area contributed by atoms with Crippen molar-refractivity contribution in [3.05, 3.63) is 41.1 Å². The molecule has 0 radical (unpaired) electrons. The van der Waals surface area contributed by atoms with Crippen molar-refractivity contribution in [1.82, 2.24) is 0 Å². The average molecular weight is 287 g/mol. The molecule has 102 valence electrons. The summed E-state index contributed by atoms with van der Waals surface area (Å²) >= 11 is 0. The van der Waals surface area contributed by atoms with Gasteiger partial charge in [0, 0.05) is 5.57 Å². The molecule has 0 saturated carbocycles. The molecule has 0 saturated heterocycles. The smallest absolute Gasteiger partial charge is 0.127 e. The molecule has 0 atom stereocenters. The van der Waals surface area contributed by atoms with E-state index in [4.69, 9.17) is 0 Å². The molecule has 0 aliphatic carbocycles. The molecule has 0 aromatic heterocycles. The predicted octanol–water partition coefficient (Wildman–Crippen LogP) is 5.14. The van der Waals surface area contributed by atoms with Crippen LogP contribution in [0, 0.1) is 18.4 Å². The summed E-state index contributed by atoms with van der Waals surface area (Å²) in [6.45, 7) is 16.1. The summed E-state index contributed by atoms with van der Waals surface area (Å²) in [6, 6.07) is 8.57. The van der Waals surface area contributed by atoms with E-state index >= 15 is 0 Å². The van der Waals surface area contributed by atoms with E-state index < -0.39 is 16.1 Å². The SMILES string of the molecule is Cc1ccccc1/C(C#C[Si](C)(C)C)=C/[Si](C)(C)C. The molecule has 0 aliphatic heterocycles. The molecule has 0 fully saturated rings. The summed E-state index contributed by atoms with van der Waals surface area (Å²) in [7, 11) is -2.60. The van der Waals surface area contributed by atoms with E-state index in [1.165, 1.54) is 16.7 Å². The van der Waals surface area contributed by atoms with Gasteiger partial charge >= 0.3 is 0 Å². The van der Waals surface area contributed by atoms with Gasteiger partial charge in [0.1, 0.15) is 8.07 Å². The fourth-order valence-electron chi connectivity index (χ4n) is 1.74. The summed E-state index contributed by atoms with van der Waals surface area (Å²) in [6.07, 6.45) is 0. The number of allylic oxidation sites excluding steroid dienone is 1. The van der Waals surface area contributed by atoms with Crippen molar-refractivity contribution < 1.29 is 0 Å². The van der Waals surface area contributed by atoms with Gasteiger partial charge in [0.05, 0.1) is 8.07 Å². The summed E-state index contributed by atoms with van der Waals surface area (Å²) < 4.78 is 0. The molecule has 0 spiro atoms. The molecule has 0 aliphatic rings. The topological polar surface area (TPSA) is 0 Å².